The van der Waals surface area contributed by atoms with E-state index in [9.17, 15) is 27.6 Å². The Hall–Kier alpha value is -3.36. The molecule has 0 saturated carbocycles. The Morgan fingerprint density at radius 3 is 2.41 bits per heavy atom. The van der Waals surface area contributed by atoms with Crippen LogP contribution in [-0.2, 0) is 11.0 Å². The number of alkyl halides is 3. The molecule has 6 nitrogen and oxygen atoms in total. The van der Waals surface area contributed by atoms with Crippen molar-refractivity contribution in [1.29, 1.82) is 0 Å². The Morgan fingerprint density at radius 1 is 1.04 bits per heavy atom. The predicted octanol–water partition coefficient (Wildman–Crippen LogP) is 2.98. The van der Waals surface area contributed by atoms with Crippen LogP contribution in [0, 0.1) is 0 Å². The van der Waals surface area contributed by atoms with Crippen LogP contribution in [0.4, 0.5) is 24.5 Å². The zero-order valence-corrected chi connectivity index (χ0v) is 14.1. The molecule has 2 N–H and O–H groups in total. The third-order valence-electron chi connectivity index (χ3n) is 4.05. The van der Waals surface area contributed by atoms with Gasteiger partial charge in [-0.25, -0.2) is 0 Å². The summed E-state index contributed by atoms with van der Waals surface area (Å²) in [6, 6.07) is 9.06. The molecule has 0 saturated heterocycles. The van der Waals surface area contributed by atoms with E-state index in [1.807, 2.05) is 0 Å². The molecular weight excluding hydrogens is 363 g/mol. The van der Waals surface area contributed by atoms with Gasteiger partial charge in [-0.1, -0.05) is 12.1 Å². The molecule has 0 bridgehead atoms. The summed E-state index contributed by atoms with van der Waals surface area (Å²) in [6.07, 6.45) is -4.54. The van der Waals surface area contributed by atoms with E-state index in [1.54, 1.807) is 0 Å². The van der Waals surface area contributed by atoms with Gasteiger partial charge in [0.15, 0.2) is 0 Å². The fraction of sp³-hybridized carbons (Fsp3) is 0.167. The zero-order chi connectivity index (χ0) is 19.8. The van der Waals surface area contributed by atoms with E-state index in [-0.39, 0.29) is 22.5 Å². The standard InChI is InChI=1S/C18H14F3N3O3/c1-24-16(26)11-7-6-10(8-12(11)17(24)27)23-15(25)9-22-14-5-3-2-4-13(14)18(19,20)21/h2-8,22H,9H2,1H3,(H,23,25). The maximum atomic E-state index is 12.9. The largest absolute Gasteiger partial charge is 0.418 e. The zero-order valence-electron chi connectivity index (χ0n) is 14.1. The van der Waals surface area contributed by atoms with Gasteiger partial charge in [-0.15, -0.1) is 0 Å². The van der Waals surface area contributed by atoms with Crippen LogP contribution in [-0.4, -0.2) is 36.2 Å². The first-order valence-electron chi connectivity index (χ1n) is 7.85. The smallest absolute Gasteiger partial charge is 0.376 e. The molecule has 3 rings (SSSR count). The number of rotatable bonds is 4. The summed E-state index contributed by atoms with van der Waals surface area (Å²) < 4.78 is 38.8. The van der Waals surface area contributed by atoms with Gasteiger partial charge >= 0.3 is 6.18 Å². The Balaban J connectivity index is 1.68. The van der Waals surface area contributed by atoms with Gasteiger partial charge in [-0.2, -0.15) is 13.2 Å². The Labute approximate surface area is 152 Å². The number of carbonyl (C=O) groups is 3. The van der Waals surface area contributed by atoms with E-state index in [1.165, 1.54) is 43.4 Å². The molecule has 0 atom stereocenters. The third kappa shape index (κ3) is 3.62. The van der Waals surface area contributed by atoms with Crippen LogP contribution in [0.5, 0.6) is 0 Å². The average Bonchev–Trinajstić information content (AvgIpc) is 2.83. The van der Waals surface area contributed by atoms with E-state index in [2.05, 4.69) is 10.6 Å². The highest BCUT2D eigenvalue weighted by Crippen LogP contribution is 2.34. The number of imide groups is 1. The van der Waals surface area contributed by atoms with Crippen molar-refractivity contribution in [1.82, 2.24) is 4.90 Å². The lowest BCUT2D eigenvalue weighted by Crippen LogP contribution is -2.24. The lowest BCUT2D eigenvalue weighted by atomic mass is 10.1. The Kier molecular flexibility index (Phi) is 4.61. The minimum absolute atomic E-state index is 0.163. The molecule has 1 heterocycles. The second-order valence-corrected chi connectivity index (χ2v) is 5.87. The van der Waals surface area contributed by atoms with Crippen LogP contribution in [0.15, 0.2) is 42.5 Å². The highest BCUT2D eigenvalue weighted by atomic mass is 19.4. The van der Waals surface area contributed by atoms with Gasteiger partial charge in [0.2, 0.25) is 5.91 Å². The number of amides is 3. The van der Waals surface area contributed by atoms with Gasteiger partial charge in [0.05, 0.1) is 23.2 Å². The molecule has 27 heavy (non-hydrogen) atoms. The lowest BCUT2D eigenvalue weighted by molar-refractivity contribution is -0.137. The van der Waals surface area contributed by atoms with Crippen molar-refractivity contribution in [2.75, 3.05) is 24.2 Å². The molecule has 0 spiro atoms. The number of benzene rings is 2. The van der Waals surface area contributed by atoms with Crippen molar-refractivity contribution < 1.29 is 27.6 Å². The average molecular weight is 377 g/mol. The highest BCUT2D eigenvalue weighted by Gasteiger charge is 2.34. The molecule has 2 aromatic carbocycles. The molecule has 9 heteroatoms. The summed E-state index contributed by atoms with van der Waals surface area (Å²) in [5.41, 5.74) is -0.423. The van der Waals surface area contributed by atoms with Gasteiger partial charge in [-0.3, -0.25) is 19.3 Å². The number of hydrogen-bond donors (Lipinski definition) is 2. The van der Waals surface area contributed by atoms with Crippen LogP contribution in [0.3, 0.4) is 0 Å². The Morgan fingerprint density at radius 2 is 1.70 bits per heavy atom. The van der Waals surface area contributed by atoms with Crippen molar-refractivity contribution in [3.63, 3.8) is 0 Å². The molecule has 1 aliphatic heterocycles. The monoisotopic (exact) mass is 377 g/mol. The van der Waals surface area contributed by atoms with Crippen molar-refractivity contribution >= 4 is 29.1 Å². The second-order valence-electron chi connectivity index (χ2n) is 5.87. The summed E-state index contributed by atoms with van der Waals surface area (Å²) >= 11 is 0. The third-order valence-corrected chi connectivity index (χ3v) is 4.05. The lowest BCUT2D eigenvalue weighted by Gasteiger charge is -2.14. The molecule has 0 radical (unpaired) electrons. The number of nitrogens with zero attached hydrogens (tertiary/aromatic N) is 1. The van der Waals surface area contributed by atoms with E-state index >= 15 is 0 Å². The first-order chi connectivity index (χ1) is 12.7. The number of hydrogen-bond acceptors (Lipinski definition) is 4. The number of nitrogens with one attached hydrogen (secondary N) is 2. The van der Waals surface area contributed by atoms with Gasteiger partial charge in [0.1, 0.15) is 0 Å². The molecule has 0 fully saturated rings. The number of halogens is 3. The maximum absolute atomic E-state index is 12.9. The van der Waals surface area contributed by atoms with Crippen molar-refractivity contribution in [3.8, 4) is 0 Å². The Bertz CT molecular complexity index is 941. The topological polar surface area (TPSA) is 78.5 Å². The SMILES string of the molecule is CN1C(=O)c2ccc(NC(=O)CNc3ccccc3C(F)(F)F)cc2C1=O. The predicted molar refractivity (Wildman–Crippen MR) is 91.4 cm³/mol. The van der Waals surface area contributed by atoms with E-state index < -0.39 is 36.0 Å². The van der Waals surface area contributed by atoms with Crippen molar-refractivity contribution in [3.05, 3.63) is 59.2 Å². The summed E-state index contributed by atoms with van der Waals surface area (Å²) in [6.45, 7) is -0.406. The normalized spacial score (nSPS) is 13.6. The minimum atomic E-state index is -4.54. The number of para-hydroxylation sites is 1. The molecule has 2 aromatic rings. The fourth-order valence-electron chi connectivity index (χ4n) is 2.70. The summed E-state index contributed by atoms with van der Waals surface area (Å²) in [4.78, 5) is 36.8. The maximum Gasteiger partial charge on any atom is 0.418 e. The van der Waals surface area contributed by atoms with Crippen LogP contribution < -0.4 is 10.6 Å². The van der Waals surface area contributed by atoms with E-state index in [0.717, 1.165) is 11.0 Å². The quantitative estimate of drug-likeness (QED) is 0.803. The molecule has 140 valence electrons. The summed E-state index contributed by atoms with van der Waals surface area (Å²) in [5.74, 6) is -1.52. The van der Waals surface area contributed by atoms with Crippen LogP contribution in [0.2, 0.25) is 0 Å². The molecule has 0 aliphatic carbocycles. The molecule has 3 amide bonds. The number of fused-ring (bicyclic) bond motifs is 1. The van der Waals surface area contributed by atoms with Crippen molar-refractivity contribution in [2.24, 2.45) is 0 Å². The van der Waals surface area contributed by atoms with Gasteiger partial charge < -0.3 is 10.6 Å². The van der Waals surface area contributed by atoms with E-state index in [4.69, 9.17) is 0 Å². The second kappa shape index (κ2) is 6.75. The number of anilines is 2. The fourth-order valence-corrected chi connectivity index (χ4v) is 2.70. The van der Waals surface area contributed by atoms with Gasteiger partial charge in [0, 0.05) is 18.4 Å². The molecule has 1 aliphatic rings. The van der Waals surface area contributed by atoms with Gasteiger partial charge in [0.25, 0.3) is 11.8 Å². The first-order valence-corrected chi connectivity index (χ1v) is 7.85. The highest BCUT2D eigenvalue weighted by molar-refractivity contribution is 6.21. The van der Waals surface area contributed by atoms with Crippen LogP contribution in [0.1, 0.15) is 26.3 Å². The van der Waals surface area contributed by atoms with Crippen LogP contribution in [0.25, 0.3) is 0 Å². The van der Waals surface area contributed by atoms with Crippen molar-refractivity contribution in [2.45, 2.75) is 6.18 Å². The summed E-state index contributed by atoms with van der Waals surface area (Å²) in [7, 11) is 1.35. The minimum Gasteiger partial charge on any atom is -0.376 e. The first kappa shape index (κ1) is 18.4. The molecule has 0 unspecified atom stereocenters. The molecular formula is C18H14F3N3O3. The van der Waals surface area contributed by atoms with Crippen LogP contribution >= 0.6 is 0 Å². The van der Waals surface area contributed by atoms with E-state index in [0.29, 0.717) is 0 Å². The van der Waals surface area contributed by atoms with Gasteiger partial charge in [-0.05, 0) is 30.3 Å². The number of carbonyl (C=O) groups excluding carboxylic acids is 3. The summed E-state index contributed by atoms with van der Waals surface area (Å²) in [5, 5.41) is 4.94. The molecule has 0 aromatic heterocycles.